The van der Waals surface area contributed by atoms with E-state index in [2.05, 4.69) is 10.3 Å². The highest BCUT2D eigenvalue weighted by Crippen LogP contribution is 2.18. The van der Waals surface area contributed by atoms with Gasteiger partial charge in [0, 0.05) is 25.3 Å². The van der Waals surface area contributed by atoms with Gasteiger partial charge in [-0.1, -0.05) is 0 Å². The number of amides is 1. The van der Waals surface area contributed by atoms with Crippen LogP contribution >= 0.6 is 0 Å². The van der Waals surface area contributed by atoms with E-state index in [1.165, 1.54) is 0 Å². The lowest BCUT2D eigenvalue weighted by atomic mass is 10.2. The Balaban J connectivity index is 1.94. The van der Waals surface area contributed by atoms with Crippen molar-refractivity contribution < 1.29 is 13.9 Å². The van der Waals surface area contributed by atoms with Crippen molar-refractivity contribution in [2.45, 2.75) is 32.4 Å². The van der Waals surface area contributed by atoms with E-state index in [1.807, 2.05) is 14.0 Å². The van der Waals surface area contributed by atoms with Crippen LogP contribution in [0.3, 0.4) is 0 Å². The Hall–Kier alpha value is -1.37. The summed E-state index contributed by atoms with van der Waals surface area (Å²) in [6, 6.07) is 1.74. The number of hydrazine groups is 1. The Kier molecular flexibility index (Phi) is 4.57. The molecule has 0 aromatic carbocycles. The van der Waals surface area contributed by atoms with Crippen LogP contribution in [-0.2, 0) is 11.3 Å². The van der Waals surface area contributed by atoms with E-state index in [1.54, 1.807) is 6.07 Å². The van der Waals surface area contributed by atoms with Gasteiger partial charge in [0.1, 0.15) is 5.76 Å². The number of hydrogen-bond acceptors (Lipinski definition) is 5. The van der Waals surface area contributed by atoms with Crippen LogP contribution in [0.15, 0.2) is 10.5 Å². The molecule has 1 aliphatic rings. The zero-order chi connectivity index (χ0) is 13.8. The van der Waals surface area contributed by atoms with Crippen molar-refractivity contribution in [1.82, 2.24) is 10.3 Å². The van der Waals surface area contributed by atoms with Gasteiger partial charge in [-0.15, -0.1) is 0 Å². The quantitative estimate of drug-likeness (QED) is 0.468. The van der Waals surface area contributed by atoms with E-state index in [-0.39, 0.29) is 5.76 Å². The fraction of sp³-hybridized carbons (Fsp3) is 0.615. The maximum atomic E-state index is 11.4. The van der Waals surface area contributed by atoms with Crippen molar-refractivity contribution in [2.75, 3.05) is 20.2 Å². The minimum Gasteiger partial charge on any atom is -0.456 e. The first-order chi connectivity index (χ1) is 9.10. The third-order valence-corrected chi connectivity index (χ3v) is 3.36. The molecule has 6 heteroatoms. The molecule has 1 fully saturated rings. The predicted octanol–water partition coefficient (Wildman–Crippen LogP) is 0.802. The van der Waals surface area contributed by atoms with Crippen LogP contribution in [0.25, 0.3) is 0 Å². The third kappa shape index (κ3) is 3.56. The number of carbonyl (C=O) groups is 1. The van der Waals surface area contributed by atoms with Crippen LogP contribution in [0.1, 0.15) is 34.7 Å². The predicted molar refractivity (Wildman–Crippen MR) is 70.4 cm³/mol. The fourth-order valence-electron chi connectivity index (χ4n) is 2.35. The summed E-state index contributed by atoms with van der Waals surface area (Å²) in [6.45, 7) is 4.34. The van der Waals surface area contributed by atoms with Gasteiger partial charge in [0.15, 0.2) is 5.76 Å². The van der Waals surface area contributed by atoms with Crippen LogP contribution in [0.2, 0.25) is 0 Å². The van der Waals surface area contributed by atoms with Gasteiger partial charge >= 0.3 is 5.91 Å². The molecule has 19 heavy (non-hydrogen) atoms. The molecule has 1 atom stereocenters. The second-order valence-corrected chi connectivity index (χ2v) is 5.00. The van der Waals surface area contributed by atoms with E-state index in [4.69, 9.17) is 15.0 Å². The van der Waals surface area contributed by atoms with Gasteiger partial charge < -0.3 is 9.15 Å². The highest BCUT2D eigenvalue weighted by atomic mass is 16.5. The number of hydrogen-bond donors (Lipinski definition) is 2. The molecule has 0 aliphatic carbocycles. The number of aryl methyl sites for hydroxylation is 1. The molecular weight excluding hydrogens is 246 g/mol. The van der Waals surface area contributed by atoms with Crippen molar-refractivity contribution >= 4 is 5.91 Å². The summed E-state index contributed by atoms with van der Waals surface area (Å²) in [7, 11) is 2.04. The highest BCUT2D eigenvalue weighted by Gasteiger charge is 2.19. The molecule has 0 radical (unpaired) electrons. The van der Waals surface area contributed by atoms with Crippen molar-refractivity contribution in [3.05, 3.63) is 23.2 Å². The van der Waals surface area contributed by atoms with Crippen LogP contribution in [-0.4, -0.2) is 37.1 Å². The van der Waals surface area contributed by atoms with Gasteiger partial charge in [0.2, 0.25) is 0 Å². The van der Waals surface area contributed by atoms with Gasteiger partial charge in [-0.3, -0.25) is 15.1 Å². The number of nitrogens with one attached hydrogen (secondary N) is 1. The van der Waals surface area contributed by atoms with Gasteiger partial charge in [0.05, 0.1) is 6.10 Å². The van der Waals surface area contributed by atoms with Crippen LogP contribution in [0.4, 0.5) is 0 Å². The lowest BCUT2D eigenvalue weighted by Gasteiger charge is -2.19. The molecular formula is C13H21N3O3. The van der Waals surface area contributed by atoms with Gasteiger partial charge in [-0.25, -0.2) is 5.84 Å². The van der Waals surface area contributed by atoms with Crippen LogP contribution < -0.4 is 11.3 Å². The first kappa shape index (κ1) is 14.0. The Labute approximate surface area is 112 Å². The van der Waals surface area contributed by atoms with Gasteiger partial charge in [0.25, 0.3) is 0 Å². The Morgan fingerprint density at radius 2 is 2.42 bits per heavy atom. The normalized spacial score (nSPS) is 19.1. The highest BCUT2D eigenvalue weighted by molar-refractivity contribution is 5.91. The molecule has 1 aromatic heterocycles. The smallest absolute Gasteiger partial charge is 0.300 e. The topological polar surface area (TPSA) is 80.7 Å². The summed E-state index contributed by atoms with van der Waals surface area (Å²) in [5, 5.41) is 0. The van der Waals surface area contributed by atoms with E-state index in [0.717, 1.165) is 43.9 Å². The van der Waals surface area contributed by atoms with Crippen molar-refractivity contribution in [1.29, 1.82) is 0 Å². The largest absolute Gasteiger partial charge is 0.456 e. The van der Waals surface area contributed by atoms with Crippen molar-refractivity contribution in [3.8, 4) is 0 Å². The second kappa shape index (κ2) is 6.18. The summed E-state index contributed by atoms with van der Waals surface area (Å²) in [5.41, 5.74) is 3.07. The second-order valence-electron chi connectivity index (χ2n) is 5.00. The summed E-state index contributed by atoms with van der Waals surface area (Å²) in [6.07, 6.45) is 2.59. The number of nitrogens with zero attached hydrogens (tertiary/aromatic N) is 1. The molecule has 1 saturated heterocycles. The number of furan rings is 1. The average Bonchev–Trinajstić information content (AvgIpc) is 2.99. The summed E-state index contributed by atoms with van der Waals surface area (Å²) in [5.74, 6) is 5.68. The molecule has 0 bridgehead atoms. The number of carbonyl (C=O) groups excluding carboxylic acids is 1. The number of ether oxygens (including phenoxy) is 1. The molecule has 0 spiro atoms. The standard InChI is InChI=1S/C13H21N3O3/c1-9-10(6-12(19-9)13(17)15-14)7-16(2)8-11-4-3-5-18-11/h6,11H,3-5,7-8,14H2,1-2H3,(H,15,17). The van der Waals surface area contributed by atoms with E-state index in [9.17, 15) is 4.79 Å². The maximum absolute atomic E-state index is 11.4. The summed E-state index contributed by atoms with van der Waals surface area (Å²) in [4.78, 5) is 13.6. The average molecular weight is 267 g/mol. The molecule has 106 valence electrons. The Bertz CT molecular complexity index is 438. The zero-order valence-electron chi connectivity index (χ0n) is 11.4. The van der Waals surface area contributed by atoms with Crippen molar-refractivity contribution in [3.63, 3.8) is 0 Å². The zero-order valence-corrected chi connectivity index (χ0v) is 11.4. The van der Waals surface area contributed by atoms with E-state index >= 15 is 0 Å². The maximum Gasteiger partial charge on any atom is 0.300 e. The monoisotopic (exact) mass is 267 g/mol. The Morgan fingerprint density at radius 3 is 3.05 bits per heavy atom. The molecule has 6 nitrogen and oxygen atoms in total. The van der Waals surface area contributed by atoms with Crippen molar-refractivity contribution in [2.24, 2.45) is 5.84 Å². The minimum absolute atomic E-state index is 0.250. The Morgan fingerprint density at radius 1 is 1.63 bits per heavy atom. The SMILES string of the molecule is Cc1oc(C(=O)NN)cc1CN(C)CC1CCCO1. The first-order valence-corrected chi connectivity index (χ1v) is 6.50. The van der Waals surface area contributed by atoms with E-state index < -0.39 is 5.91 Å². The molecule has 2 heterocycles. The minimum atomic E-state index is -0.406. The van der Waals surface area contributed by atoms with E-state index in [0.29, 0.717) is 6.10 Å². The lowest BCUT2D eigenvalue weighted by Crippen LogP contribution is -2.29. The van der Waals surface area contributed by atoms with Gasteiger partial charge in [-0.2, -0.15) is 0 Å². The number of nitrogens with two attached hydrogens (primary N) is 1. The molecule has 1 aliphatic heterocycles. The fourth-order valence-corrected chi connectivity index (χ4v) is 2.35. The first-order valence-electron chi connectivity index (χ1n) is 6.50. The molecule has 0 saturated carbocycles. The lowest BCUT2D eigenvalue weighted by molar-refractivity contribution is 0.0792. The molecule has 1 amide bonds. The molecule has 3 N–H and O–H groups in total. The molecule has 2 rings (SSSR count). The number of likely N-dealkylation sites (N-methyl/N-ethyl adjacent to an activating group) is 1. The number of nitrogen functional groups attached to an aromatic ring is 1. The summed E-state index contributed by atoms with van der Waals surface area (Å²) >= 11 is 0. The van der Waals surface area contributed by atoms with Crippen LogP contribution in [0.5, 0.6) is 0 Å². The third-order valence-electron chi connectivity index (χ3n) is 3.36. The van der Waals surface area contributed by atoms with Gasteiger partial charge in [-0.05, 0) is 32.9 Å². The summed E-state index contributed by atoms with van der Waals surface area (Å²) < 4.78 is 11.0. The molecule has 1 unspecified atom stereocenters. The number of rotatable bonds is 5. The molecule has 1 aromatic rings. The van der Waals surface area contributed by atoms with Crippen LogP contribution in [0, 0.1) is 6.92 Å².